The highest BCUT2D eigenvalue weighted by molar-refractivity contribution is 6.17. The van der Waals surface area contributed by atoms with Crippen molar-refractivity contribution in [3.8, 4) is 11.5 Å². The van der Waals surface area contributed by atoms with E-state index in [1.807, 2.05) is 0 Å². The Hall–Kier alpha value is -1.41. The maximum Gasteiger partial charge on any atom is 0.127 e. The Morgan fingerprint density at radius 1 is 0.704 bits per heavy atom. The van der Waals surface area contributed by atoms with Gasteiger partial charge >= 0.3 is 0 Å². The summed E-state index contributed by atoms with van der Waals surface area (Å²) in [6.45, 7) is 5.89. The van der Waals surface area contributed by atoms with E-state index in [-0.39, 0.29) is 0 Å². The number of benzene rings is 2. The molecule has 2 rings (SSSR count). The van der Waals surface area contributed by atoms with Crippen molar-refractivity contribution in [1.82, 2.24) is 0 Å². The summed E-state index contributed by atoms with van der Waals surface area (Å²) in [5.74, 6) is 2.72. The Kier molecular flexibility index (Phi) is 10.4. The third kappa shape index (κ3) is 7.62. The topological polar surface area (TPSA) is 18.5 Å². The van der Waals surface area contributed by atoms with Crippen LogP contribution in [-0.4, -0.2) is 19.1 Å². The van der Waals surface area contributed by atoms with Gasteiger partial charge in [0.15, 0.2) is 0 Å². The first-order valence-electron chi connectivity index (χ1n) is 10.6. The fourth-order valence-electron chi connectivity index (χ4n) is 3.28. The fraction of sp³-hybridized carbons (Fsp3) is 0.583. The number of halogens is 1. The van der Waals surface area contributed by atoms with Gasteiger partial charge in [0.2, 0.25) is 0 Å². The number of fused-ring (bicyclic) bond motifs is 1. The minimum absolute atomic E-state index is 0.773. The molecule has 27 heavy (non-hydrogen) atoms. The van der Waals surface area contributed by atoms with Crippen molar-refractivity contribution in [2.75, 3.05) is 19.1 Å². The number of unbranched alkanes of at least 4 members (excludes halogenated alkanes) is 7. The molecule has 0 saturated carbocycles. The lowest BCUT2D eigenvalue weighted by molar-refractivity contribution is 0.302. The van der Waals surface area contributed by atoms with Crippen molar-refractivity contribution in [3.05, 3.63) is 35.9 Å². The SMILES string of the molecule is CCCCCOc1ccc(OCCCCCCCCCl)c2cc(C)ccc12. The second-order valence-corrected chi connectivity index (χ2v) is 7.70. The molecule has 0 bridgehead atoms. The Balaban J connectivity index is 1.91. The average Bonchev–Trinajstić information content (AvgIpc) is 2.68. The van der Waals surface area contributed by atoms with E-state index < -0.39 is 0 Å². The van der Waals surface area contributed by atoms with Crippen LogP contribution in [0.1, 0.15) is 70.3 Å². The Morgan fingerprint density at radius 3 is 1.96 bits per heavy atom. The lowest BCUT2D eigenvalue weighted by Crippen LogP contribution is -2.01. The predicted molar refractivity (Wildman–Crippen MR) is 118 cm³/mol. The smallest absolute Gasteiger partial charge is 0.127 e. The van der Waals surface area contributed by atoms with Gasteiger partial charge in [-0.05, 0) is 44.4 Å². The molecule has 0 spiro atoms. The second-order valence-electron chi connectivity index (χ2n) is 7.33. The molecule has 3 heteroatoms. The minimum Gasteiger partial charge on any atom is -0.493 e. The highest BCUT2D eigenvalue weighted by Crippen LogP contribution is 2.34. The van der Waals surface area contributed by atoms with Crippen molar-refractivity contribution in [2.24, 2.45) is 0 Å². The summed E-state index contributed by atoms with van der Waals surface area (Å²) in [6.07, 6.45) is 10.8. The molecule has 0 unspecified atom stereocenters. The van der Waals surface area contributed by atoms with Crippen LogP contribution in [0.15, 0.2) is 30.3 Å². The van der Waals surface area contributed by atoms with Crippen LogP contribution in [0, 0.1) is 6.92 Å². The van der Waals surface area contributed by atoms with Crippen LogP contribution < -0.4 is 9.47 Å². The van der Waals surface area contributed by atoms with Gasteiger partial charge < -0.3 is 9.47 Å². The monoisotopic (exact) mass is 390 g/mol. The molecule has 0 aliphatic rings. The molecule has 2 aromatic rings. The number of hydrogen-bond acceptors (Lipinski definition) is 2. The highest BCUT2D eigenvalue weighted by Gasteiger charge is 2.09. The van der Waals surface area contributed by atoms with Crippen molar-refractivity contribution < 1.29 is 9.47 Å². The van der Waals surface area contributed by atoms with Crippen molar-refractivity contribution >= 4 is 22.4 Å². The van der Waals surface area contributed by atoms with Crippen LogP contribution in [0.3, 0.4) is 0 Å². The van der Waals surface area contributed by atoms with Gasteiger partial charge in [-0.15, -0.1) is 11.6 Å². The molecule has 0 amide bonds. The van der Waals surface area contributed by atoms with E-state index in [0.717, 1.165) is 60.6 Å². The zero-order chi connectivity index (χ0) is 19.3. The molecular weight excluding hydrogens is 356 g/mol. The zero-order valence-corrected chi connectivity index (χ0v) is 17.8. The molecule has 0 aliphatic heterocycles. The molecule has 150 valence electrons. The first-order valence-corrected chi connectivity index (χ1v) is 11.1. The maximum absolute atomic E-state index is 6.12. The quantitative estimate of drug-likeness (QED) is 0.243. The molecule has 0 fully saturated rings. The van der Waals surface area contributed by atoms with Crippen molar-refractivity contribution in [1.29, 1.82) is 0 Å². The summed E-state index contributed by atoms with van der Waals surface area (Å²) in [4.78, 5) is 0. The van der Waals surface area contributed by atoms with Crippen molar-refractivity contribution in [2.45, 2.75) is 71.6 Å². The van der Waals surface area contributed by atoms with Gasteiger partial charge in [-0.1, -0.05) is 63.1 Å². The minimum atomic E-state index is 0.773. The number of alkyl halides is 1. The third-order valence-electron chi connectivity index (χ3n) is 4.88. The number of ether oxygens (including phenoxy) is 2. The lowest BCUT2D eigenvalue weighted by atomic mass is 10.1. The lowest BCUT2D eigenvalue weighted by Gasteiger charge is -2.14. The molecule has 0 atom stereocenters. The molecular formula is C24H35ClO2. The van der Waals surface area contributed by atoms with Crippen LogP contribution >= 0.6 is 11.6 Å². The summed E-state index contributed by atoms with van der Waals surface area (Å²) in [5, 5.41) is 2.31. The van der Waals surface area contributed by atoms with Crippen LogP contribution in [0.4, 0.5) is 0 Å². The van der Waals surface area contributed by atoms with Crippen LogP contribution in [0.5, 0.6) is 11.5 Å². The fourth-order valence-corrected chi connectivity index (χ4v) is 3.47. The normalized spacial score (nSPS) is 11.1. The van der Waals surface area contributed by atoms with Gasteiger partial charge in [0, 0.05) is 16.7 Å². The van der Waals surface area contributed by atoms with E-state index in [9.17, 15) is 0 Å². The summed E-state index contributed by atoms with van der Waals surface area (Å²) in [7, 11) is 0. The van der Waals surface area contributed by atoms with Gasteiger partial charge in [0.1, 0.15) is 11.5 Å². The van der Waals surface area contributed by atoms with Crippen molar-refractivity contribution in [3.63, 3.8) is 0 Å². The Labute approximate surface area is 170 Å². The molecule has 0 N–H and O–H groups in total. The third-order valence-corrected chi connectivity index (χ3v) is 5.15. The molecule has 0 radical (unpaired) electrons. The van der Waals surface area contributed by atoms with Gasteiger partial charge in [0.25, 0.3) is 0 Å². The largest absolute Gasteiger partial charge is 0.493 e. The first kappa shape index (κ1) is 21.9. The number of hydrogen-bond donors (Lipinski definition) is 0. The van der Waals surface area contributed by atoms with Gasteiger partial charge in [-0.3, -0.25) is 0 Å². The Morgan fingerprint density at radius 2 is 1.30 bits per heavy atom. The zero-order valence-electron chi connectivity index (χ0n) is 17.1. The molecule has 2 nitrogen and oxygen atoms in total. The average molecular weight is 391 g/mol. The van der Waals surface area contributed by atoms with E-state index >= 15 is 0 Å². The van der Waals surface area contributed by atoms with Crippen LogP contribution in [-0.2, 0) is 0 Å². The number of aryl methyl sites for hydroxylation is 1. The van der Waals surface area contributed by atoms with Crippen LogP contribution in [0.2, 0.25) is 0 Å². The number of rotatable bonds is 14. The molecule has 0 aliphatic carbocycles. The predicted octanol–water partition coefficient (Wildman–Crippen LogP) is 7.68. The molecule has 0 aromatic heterocycles. The van der Waals surface area contributed by atoms with E-state index in [1.165, 1.54) is 44.1 Å². The summed E-state index contributed by atoms with van der Waals surface area (Å²) < 4.78 is 12.2. The highest BCUT2D eigenvalue weighted by atomic mass is 35.5. The van der Waals surface area contributed by atoms with E-state index in [2.05, 4.69) is 44.2 Å². The van der Waals surface area contributed by atoms with E-state index in [4.69, 9.17) is 21.1 Å². The van der Waals surface area contributed by atoms with Gasteiger partial charge in [-0.2, -0.15) is 0 Å². The van der Waals surface area contributed by atoms with E-state index in [0.29, 0.717) is 0 Å². The van der Waals surface area contributed by atoms with E-state index in [1.54, 1.807) is 0 Å². The van der Waals surface area contributed by atoms with Gasteiger partial charge in [0.05, 0.1) is 13.2 Å². The molecule has 0 heterocycles. The summed E-state index contributed by atoms with van der Waals surface area (Å²) in [6, 6.07) is 10.6. The molecule has 2 aromatic carbocycles. The first-order chi connectivity index (χ1) is 13.3. The molecule has 0 saturated heterocycles. The standard InChI is InChI=1S/C24H35ClO2/c1-3-4-10-17-26-23-14-15-24(22-19-20(2)12-13-21(22)23)27-18-11-8-6-5-7-9-16-25/h12-15,19H,3-11,16-18H2,1-2H3. The summed E-state index contributed by atoms with van der Waals surface area (Å²) in [5.41, 5.74) is 1.25. The maximum atomic E-state index is 6.12. The van der Waals surface area contributed by atoms with Crippen LogP contribution in [0.25, 0.3) is 10.8 Å². The Bertz CT molecular complexity index is 669. The summed E-state index contributed by atoms with van der Waals surface area (Å²) >= 11 is 5.71. The van der Waals surface area contributed by atoms with Gasteiger partial charge in [-0.25, -0.2) is 0 Å². The second kappa shape index (κ2) is 12.9.